The maximum atomic E-state index is 9.42. The number of aliphatic hydroxyl groups is 1. The topological polar surface area (TPSA) is 20.2 Å². The monoisotopic (exact) mass is 124 g/mol. The molecular formula is C8H12O. The van der Waals surface area contributed by atoms with Gasteiger partial charge in [-0.25, -0.2) is 0 Å². The average Bonchev–Trinajstić information content (AvgIpc) is 2.30. The second kappa shape index (κ2) is 1.20. The molecular weight excluding hydrogens is 112 g/mol. The molecule has 3 saturated carbocycles. The van der Waals surface area contributed by atoms with Gasteiger partial charge in [0, 0.05) is 0 Å². The molecule has 1 heteroatoms. The van der Waals surface area contributed by atoms with Crippen molar-refractivity contribution in [1.82, 2.24) is 0 Å². The first kappa shape index (κ1) is 4.73. The van der Waals surface area contributed by atoms with E-state index in [0.717, 1.165) is 30.1 Å². The van der Waals surface area contributed by atoms with E-state index in [1.165, 1.54) is 12.8 Å². The smallest absolute Gasteiger partial charge is 0.0574 e. The van der Waals surface area contributed by atoms with Crippen LogP contribution in [0.1, 0.15) is 19.3 Å². The molecule has 0 aromatic heterocycles. The molecule has 50 valence electrons. The first-order valence-corrected chi connectivity index (χ1v) is 4.06. The minimum absolute atomic E-state index is 0.0961. The van der Waals surface area contributed by atoms with Crippen LogP contribution in [0.2, 0.25) is 0 Å². The lowest BCUT2D eigenvalue weighted by Gasteiger charge is -2.09. The molecule has 1 N–H and O–H groups in total. The summed E-state index contributed by atoms with van der Waals surface area (Å²) in [6.45, 7) is 0. The number of rotatable bonds is 0. The summed E-state index contributed by atoms with van der Waals surface area (Å²) in [6.07, 6.45) is 3.99. The van der Waals surface area contributed by atoms with Crippen LogP contribution in [0.4, 0.5) is 0 Å². The van der Waals surface area contributed by atoms with Gasteiger partial charge >= 0.3 is 0 Å². The molecule has 0 spiro atoms. The Morgan fingerprint density at radius 2 is 1.78 bits per heavy atom. The van der Waals surface area contributed by atoms with Crippen molar-refractivity contribution in [2.75, 3.05) is 0 Å². The molecule has 0 saturated heterocycles. The van der Waals surface area contributed by atoms with Crippen molar-refractivity contribution in [3.8, 4) is 0 Å². The summed E-state index contributed by atoms with van der Waals surface area (Å²) in [6, 6.07) is 0. The van der Waals surface area contributed by atoms with Crippen LogP contribution in [-0.4, -0.2) is 11.2 Å². The molecule has 3 rings (SSSR count). The molecule has 5 atom stereocenters. The standard InChI is InChI=1S/C8H12O/c9-7-3-6-4-1-2-5(7)8(4)6/h4-9H,1-3H2/t4-,5-,6+,7-,8?/m1/s1. The molecule has 9 heavy (non-hydrogen) atoms. The summed E-state index contributed by atoms with van der Waals surface area (Å²) >= 11 is 0. The van der Waals surface area contributed by atoms with E-state index < -0.39 is 0 Å². The highest BCUT2D eigenvalue weighted by atomic mass is 16.3. The first-order valence-electron chi connectivity index (χ1n) is 4.06. The highest BCUT2D eigenvalue weighted by Crippen LogP contribution is 2.68. The van der Waals surface area contributed by atoms with Gasteiger partial charge in [-0.15, -0.1) is 0 Å². The average molecular weight is 124 g/mol. The van der Waals surface area contributed by atoms with Gasteiger partial charge in [0.2, 0.25) is 0 Å². The van der Waals surface area contributed by atoms with Gasteiger partial charge in [-0.3, -0.25) is 0 Å². The van der Waals surface area contributed by atoms with Gasteiger partial charge in [-0.05, 0) is 42.9 Å². The second-order valence-electron chi connectivity index (χ2n) is 3.95. The molecule has 3 aliphatic carbocycles. The zero-order valence-electron chi connectivity index (χ0n) is 5.46. The minimum Gasteiger partial charge on any atom is -0.393 e. The molecule has 1 unspecified atom stereocenters. The SMILES string of the molecule is O[C@@H]1C[C@@H]2C3[C@@H]1CC[C@@H]32. The molecule has 0 aromatic rings. The van der Waals surface area contributed by atoms with Crippen molar-refractivity contribution < 1.29 is 5.11 Å². The highest BCUT2D eigenvalue weighted by molar-refractivity contribution is 5.13. The molecule has 1 nitrogen and oxygen atoms in total. The molecule has 0 radical (unpaired) electrons. The molecule has 0 amide bonds. The Hall–Kier alpha value is -0.0400. The summed E-state index contributed by atoms with van der Waals surface area (Å²) in [5.41, 5.74) is 0. The fourth-order valence-corrected chi connectivity index (χ4v) is 3.33. The van der Waals surface area contributed by atoms with Crippen LogP contribution in [0.25, 0.3) is 0 Å². The predicted octanol–water partition coefficient (Wildman–Crippen LogP) is 1.02. The van der Waals surface area contributed by atoms with Crippen LogP contribution in [0.15, 0.2) is 0 Å². The van der Waals surface area contributed by atoms with E-state index in [4.69, 9.17) is 0 Å². The minimum atomic E-state index is 0.0961. The van der Waals surface area contributed by atoms with Crippen molar-refractivity contribution in [2.45, 2.75) is 25.4 Å². The first-order chi connectivity index (χ1) is 4.38. The fraction of sp³-hybridized carbons (Fsp3) is 1.00. The Labute approximate surface area is 55.1 Å². The van der Waals surface area contributed by atoms with Crippen molar-refractivity contribution in [2.24, 2.45) is 23.7 Å². The van der Waals surface area contributed by atoms with Gasteiger partial charge in [-0.2, -0.15) is 0 Å². The lowest BCUT2D eigenvalue weighted by atomic mass is 10.0. The van der Waals surface area contributed by atoms with Crippen LogP contribution in [0, 0.1) is 23.7 Å². The van der Waals surface area contributed by atoms with Crippen LogP contribution in [0.5, 0.6) is 0 Å². The number of fused-ring (bicyclic) bond motifs is 1. The van der Waals surface area contributed by atoms with E-state index >= 15 is 0 Å². The summed E-state index contributed by atoms with van der Waals surface area (Å²) in [5.74, 6) is 3.76. The zero-order valence-corrected chi connectivity index (χ0v) is 5.46. The van der Waals surface area contributed by atoms with E-state index in [-0.39, 0.29) is 6.10 Å². The van der Waals surface area contributed by atoms with E-state index in [2.05, 4.69) is 0 Å². The number of aliphatic hydroxyl groups excluding tert-OH is 1. The van der Waals surface area contributed by atoms with Crippen LogP contribution < -0.4 is 0 Å². The highest BCUT2D eigenvalue weighted by Gasteiger charge is 2.64. The van der Waals surface area contributed by atoms with Gasteiger partial charge in [0.25, 0.3) is 0 Å². The summed E-state index contributed by atoms with van der Waals surface area (Å²) in [4.78, 5) is 0. The Bertz CT molecular complexity index is 155. The third-order valence-electron chi connectivity index (χ3n) is 3.73. The van der Waals surface area contributed by atoms with Crippen molar-refractivity contribution in [1.29, 1.82) is 0 Å². The summed E-state index contributed by atoms with van der Waals surface area (Å²) in [7, 11) is 0. The van der Waals surface area contributed by atoms with Gasteiger partial charge in [0.1, 0.15) is 0 Å². The molecule has 0 bridgehead atoms. The largest absolute Gasteiger partial charge is 0.393 e. The van der Waals surface area contributed by atoms with E-state index in [1.807, 2.05) is 0 Å². The van der Waals surface area contributed by atoms with Crippen LogP contribution in [-0.2, 0) is 0 Å². The molecule has 3 fully saturated rings. The lowest BCUT2D eigenvalue weighted by Crippen LogP contribution is -2.13. The quantitative estimate of drug-likeness (QED) is 0.511. The Balaban J connectivity index is 1.96. The zero-order chi connectivity index (χ0) is 6.01. The summed E-state index contributed by atoms with van der Waals surface area (Å²) in [5, 5.41) is 9.42. The van der Waals surface area contributed by atoms with Crippen molar-refractivity contribution >= 4 is 0 Å². The van der Waals surface area contributed by atoms with Crippen molar-refractivity contribution in [3.63, 3.8) is 0 Å². The van der Waals surface area contributed by atoms with Crippen LogP contribution in [0.3, 0.4) is 0 Å². The van der Waals surface area contributed by atoms with E-state index in [9.17, 15) is 5.11 Å². The maximum absolute atomic E-state index is 9.42. The third kappa shape index (κ3) is 0.389. The molecule has 0 aromatic carbocycles. The molecule has 0 heterocycles. The Morgan fingerprint density at radius 3 is 2.44 bits per heavy atom. The second-order valence-corrected chi connectivity index (χ2v) is 3.95. The Morgan fingerprint density at radius 1 is 1.00 bits per heavy atom. The number of hydrogen-bond acceptors (Lipinski definition) is 1. The van der Waals surface area contributed by atoms with Gasteiger partial charge < -0.3 is 5.11 Å². The Kier molecular flexibility index (Phi) is 0.628. The van der Waals surface area contributed by atoms with Crippen molar-refractivity contribution in [3.05, 3.63) is 0 Å². The normalized spacial score (nSPS) is 68.3. The predicted molar refractivity (Wildman–Crippen MR) is 33.8 cm³/mol. The van der Waals surface area contributed by atoms with Gasteiger partial charge in [0.15, 0.2) is 0 Å². The van der Waals surface area contributed by atoms with Gasteiger partial charge in [-0.1, -0.05) is 0 Å². The number of hydrogen-bond donors (Lipinski definition) is 1. The molecule has 0 aliphatic heterocycles. The lowest BCUT2D eigenvalue weighted by molar-refractivity contribution is 0.121. The van der Waals surface area contributed by atoms with E-state index in [0.29, 0.717) is 0 Å². The fourth-order valence-electron chi connectivity index (χ4n) is 3.33. The molecule has 3 aliphatic rings. The maximum Gasteiger partial charge on any atom is 0.0574 e. The summed E-state index contributed by atoms with van der Waals surface area (Å²) < 4.78 is 0. The van der Waals surface area contributed by atoms with Gasteiger partial charge in [0.05, 0.1) is 6.10 Å². The van der Waals surface area contributed by atoms with Crippen LogP contribution >= 0.6 is 0 Å². The third-order valence-corrected chi connectivity index (χ3v) is 3.73. The van der Waals surface area contributed by atoms with E-state index in [1.54, 1.807) is 0 Å².